The predicted octanol–water partition coefficient (Wildman–Crippen LogP) is 1.21. The molecule has 1 aliphatic heterocycles. The lowest BCUT2D eigenvalue weighted by Crippen LogP contribution is -2.17. The zero-order chi connectivity index (χ0) is 12.8. The second-order valence-electron chi connectivity index (χ2n) is 3.38. The van der Waals surface area contributed by atoms with Crippen molar-refractivity contribution in [2.75, 3.05) is 20.3 Å². The molecular formula is C12H12N2O4. The van der Waals surface area contributed by atoms with Gasteiger partial charge in [-0.05, 0) is 11.2 Å². The molecule has 0 amide bonds. The molecule has 0 atom stereocenters. The number of carbonyl (C=O) groups is 1. The maximum atomic E-state index is 10.9. The number of amidine groups is 1. The summed E-state index contributed by atoms with van der Waals surface area (Å²) in [5, 5.41) is 3.64. The highest BCUT2D eigenvalue weighted by molar-refractivity contribution is 6.05. The number of ether oxygens (including phenoxy) is 2. The molecule has 0 aromatic heterocycles. The first-order chi connectivity index (χ1) is 8.85. The summed E-state index contributed by atoms with van der Waals surface area (Å²) in [6, 6.07) is 7.04. The molecule has 2 rings (SSSR count). The Hall–Kier alpha value is -2.37. The number of nitrogens with zero attached hydrogens (tertiary/aromatic N) is 2. The molecule has 0 aliphatic carbocycles. The summed E-state index contributed by atoms with van der Waals surface area (Å²) >= 11 is 0. The summed E-state index contributed by atoms with van der Waals surface area (Å²) in [4.78, 5) is 19.9. The van der Waals surface area contributed by atoms with Gasteiger partial charge in [0.2, 0.25) is 5.90 Å². The van der Waals surface area contributed by atoms with E-state index in [1.807, 2.05) is 0 Å². The van der Waals surface area contributed by atoms with Crippen molar-refractivity contribution in [3.05, 3.63) is 35.4 Å². The number of methoxy groups -OCH3 is 1. The zero-order valence-electron chi connectivity index (χ0n) is 9.83. The molecule has 0 saturated heterocycles. The molecule has 18 heavy (non-hydrogen) atoms. The average molecular weight is 248 g/mol. The Morgan fingerprint density at radius 1 is 1.44 bits per heavy atom. The van der Waals surface area contributed by atoms with Crippen molar-refractivity contribution in [2.45, 2.75) is 0 Å². The highest BCUT2D eigenvalue weighted by Crippen LogP contribution is 2.09. The molecule has 0 fully saturated rings. The van der Waals surface area contributed by atoms with Crippen LogP contribution in [0.15, 0.2) is 34.4 Å². The predicted molar refractivity (Wildman–Crippen MR) is 64.7 cm³/mol. The lowest BCUT2D eigenvalue weighted by molar-refractivity contribution is 0.0629. The summed E-state index contributed by atoms with van der Waals surface area (Å²) in [5.74, 6) is 0.252. The minimum atomic E-state index is 0.0822. The molecule has 0 saturated carbocycles. The van der Waals surface area contributed by atoms with E-state index in [9.17, 15) is 4.79 Å². The van der Waals surface area contributed by atoms with Crippen LogP contribution in [0.2, 0.25) is 0 Å². The SMILES string of the molecule is COC(=NC1=NOCCO1)c1ccccc1C=O. The second-order valence-corrected chi connectivity index (χ2v) is 3.38. The van der Waals surface area contributed by atoms with Gasteiger partial charge in [-0.15, -0.1) is 0 Å². The van der Waals surface area contributed by atoms with Gasteiger partial charge in [0.05, 0.1) is 7.11 Å². The van der Waals surface area contributed by atoms with Crippen molar-refractivity contribution < 1.29 is 19.1 Å². The number of benzene rings is 1. The lowest BCUT2D eigenvalue weighted by atomic mass is 10.1. The van der Waals surface area contributed by atoms with Crippen molar-refractivity contribution in [1.82, 2.24) is 0 Å². The molecule has 1 aromatic rings. The number of oxime groups is 1. The number of hydrogen-bond donors (Lipinski definition) is 0. The van der Waals surface area contributed by atoms with Gasteiger partial charge in [-0.25, -0.2) is 0 Å². The van der Waals surface area contributed by atoms with Gasteiger partial charge in [0.25, 0.3) is 0 Å². The quantitative estimate of drug-likeness (QED) is 0.448. The molecule has 6 heteroatoms. The van der Waals surface area contributed by atoms with Gasteiger partial charge in [0, 0.05) is 11.1 Å². The maximum absolute atomic E-state index is 10.9. The normalized spacial score (nSPS) is 15.2. The molecule has 0 N–H and O–H groups in total. The molecule has 0 bridgehead atoms. The topological polar surface area (TPSA) is 69.5 Å². The van der Waals surface area contributed by atoms with Gasteiger partial charge in [0.1, 0.15) is 6.61 Å². The van der Waals surface area contributed by atoms with Crippen LogP contribution in [0, 0.1) is 0 Å². The van der Waals surface area contributed by atoms with Crippen LogP contribution in [0.3, 0.4) is 0 Å². The number of rotatable bonds is 2. The first-order valence-electron chi connectivity index (χ1n) is 5.35. The Kier molecular flexibility index (Phi) is 3.90. The van der Waals surface area contributed by atoms with Crippen LogP contribution in [0.25, 0.3) is 0 Å². The summed E-state index contributed by atoms with van der Waals surface area (Å²) < 4.78 is 10.3. The van der Waals surface area contributed by atoms with E-state index in [0.717, 1.165) is 6.29 Å². The Morgan fingerprint density at radius 2 is 2.28 bits per heavy atom. The minimum Gasteiger partial charge on any atom is -0.480 e. The van der Waals surface area contributed by atoms with Crippen molar-refractivity contribution >= 4 is 18.2 Å². The third kappa shape index (κ3) is 2.65. The van der Waals surface area contributed by atoms with E-state index in [2.05, 4.69) is 10.1 Å². The first kappa shape index (κ1) is 12.1. The van der Waals surface area contributed by atoms with Crippen molar-refractivity contribution in [3.8, 4) is 0 Å². The largest absolute Gasteiger partial charge is 0.480 e. The van der Waals surface area contributed by atoms with Crippen LogP contribution < -0.4 is 0 Å². The average Bonchev–Trinajstić information content (AvgIpc) is 2.46. The number of carbonyl (C=O) groups excluding carboxylic acids is 1. The van der Waals surface area contributed by atoms with Crippen LogP contribution in [0.1, 0.15) is 15.9 Å². The van der Waals surface area contributed by atoms with E-state index in [1.54, 1.807) is 24.3 Å². The molecule has 0 spiro atoms. The number of aliphatic imine (C=N–C) groups is 1. The zero-order valence-corrected chi connectivity index (χ0v) is 9.83. The fraction of sp³-hybridized carbons (Fsp3) is 0.250. The Morgan fingerprint density at radius 3 is 2.94 bits per heavy atom. The highest BCUT2D eigenvalue weighted by Gasteiger charge is 2.13. The summed E-state index contributed by atoms with van der Waals surface area (Å²) in [5.41, 5.74) is 1.06. The molecule has 0 radical (unpaired) electrons. The van der Waals surface area contributed by atoms with E-state index >= 15 is 0 Å². The summed E-state index contributed by atoms with van der Waals surface area (Å²) in [6.45, 7) is 0.779. The third-order valence-corrected chi connectivity index (χ3v) is 2.26. The van der Waals surface area contributed by atoms with Crippen LogP contribution in [0.5, 0.6) is 0 Å². The monoisotopic (exact) mass is 248 g/mol. The van der Waals surface area contributed by atoms with E-state index in [-0.39, 0.29) is 11.9 Å². The standard InChI is InChI=1S/C12H12N2O4/c1-16-11(13-12-14-18-7-6-17-12)10-5-3-2-4-9(10)8-15/h2-5,8H,6-7H2,1H3. The van der Waals surface area contributed by atoms with Gasteiger partial charge >= 0.3 is 6.02 Å². The molecule has 0 unspecified atom stereocenters. The van der Waals surface area contributed by atoms with Crippen LogP contribution in [0.4, 0.5) is 0 Å². The van der Waals surface area contributed by atoms with Crippen LogP contribution >= 0.6 is 0 Å². The van der Waals surface area contributed by atoms with Gasteiger partial charge in [-0.1, -0.05) is 18.2 Å². The van der Waals surface area contributed by atoms with E-state index in [4.69, 9.17) is 14.3 Å². The summed E-state index contributed by atoms with van der Waals surface area (Å²) in [7, 11) is 1.46. The molecule has 1 aliphatic rings. The molecule has 6 nitrogen and oxygen atoms in total. The van der Waals surface area contributed by atoms with E-state index < -0.39 is 0 Å². The summed E-state index contributed by atoms with van der Waals surface area (Å²) in [6.07, 6.45) is 0.740. The van der Waals surface area contributed by atoms with Gasteiger partial charge in [0.15, 0.2) is 12.9 Å². The molecule has 1 aromatic carbocycles. The van der Waals surface area contributed by atoms with Crippen LogP contribution in [-0.2, 0) is 14.3 Å². The number of aldehydes is 1. The number of hydrogen-bond acceptors (Lipinski definition) is 6. The first-order valence-corrected chi connectivity index (χ1v) is 5.35. The van der Waals surface area contributed by atoms with Gasteiger partial charge in [-0.2, -0.15) is 4.99 Å². The van der Waals surface area contributed by atoms with Gasteiger partial charge in [-0.3, -0.25) is 4.79 Å². The van der Waals surface area contributed by atoms with Crippen molar-refractivity contribution in [1.29, 1.82) is 0 Å². The highest BCUT2D eigenvalue weighted by atomic mass is 16.7. The Bertz CT molecular complexity index is 497. The second kappa shape index (κ2) is 5.81. The Balaban J connectivity index is 2.35. The van der Waals surface area contributed by atoms with Crippen LogP contribution in [-0.4, -0.2) is 38.5 Å². The fourth-order valence-corrected chi connectivity index (χ4v) is 1.45. The third-order valence-electron chi connectivity index (χ3n) is 2.26. The smallest absolute Gasteiger partial charge is 0.353 e. The Labute approximate surface area is 104 Å². The van der Waals surface area contributed by atoms with Crippen molar-refractivity contribution in [3.63, 3.8) is 0 Å². The molecule has 1 heterocycles. The van der Waals surface area contributed by atoms with Crippen molar-refractivity contribution in [2.24, 2.45) is 10.1 Å². The molecular weight excluding hydrogens is 236 g/mol. The van der Waals surface area contributed by atoms with E-state index in [1.165, 1.54) is 7.11 Å². The lowest BCUT2D eigenvalue weighted by Gasteiger charge is -2.12. The van der Waals surface area contributed by atoms with Gasteiger partial charge < -0.3 is 14.3 Å². The molecule has 94 valence electrons. The van der Waals surface area contributed by atoms with E-state index in [0.29, 0.717) is 24.3 Å². The fourth-order valence-electron chi connectivity index (χ4n) is 1.45. The maximum Gasteiger partial charge on any atom is 0.353 e. The minimum absolute atomic E-state index is 0.0822.